The van der Waals surface area contributed by atoms with Crippen molar-refractivity contribution in [2.75, 3.05) is 6.61 Å². The van der Waals surface area contributed by atoms with Gasteiger partial charge in [0.2, 0.25) is 0 Å². The maximum atomic E-state index is 12.1. The molecule has 1 N–H and O–H groups in total. The molecule has 1 aromatic rings. The molecular formula is C25H40O3. The Morgan fingerprint density at radius 3 is 2.07 bits per heavy atom. The van der Waals surface area contributed by atoms with Crippen molar-refractivity contribution in [1.82, 2.24) is 0 Å². The van der Waals surface area contributed by atoms with Crippen LogP contribution in [-0.2, 0) is 4.74 Å². The average Bonchev–Trinajstić information content (AvgIpc) is 2.72. The van der Waals surface area contributed by atoms with Gasteiger partial charge < -0.3 is 9.84 Å². The van der Waals surface area contributed by atoms with E-state index in [1.807, 2.05) is 24.3 Å². The molecule has 0 bridgehead atoms. The van der Waals surface area contributed by atoms with E-state index < -0.39 is 0 Å². The van der Waals surface area contributed by atoms with Crippen LogP contribution in [0.5, 0.6) is 0 Å². The Morgan fingerprint density at radius 2 is 1.50 bits per heavy atom. The molecule has 0 aliphatic heterocycles. The average molecular weight is 389 g/mol. The zero-order valence-electron chi connectivity index (χ0n) is 17.8. The number of ether oxygens (including phenoxy) is 1. The number of hydrogen-bond donors (Lipinski definition) is 1. The van der Waals surface area contributed by atoms with Crippen molar-refractivity contribution in [2.24, 2.45) is 0 Å². The maximum absolute atomic E-state index is 12.1. The summed E-state index contributed by atoms with van der Waals surface area (Å²) in [5, 5.41) is 9.20. The van der Waals surface area contributed by atoms with Gasteiger partial charge in [0.15, 0.2) is 0 Å². The standard InChI is InChI=1S/C25H40O3/c1-2-3-4-5-6-7-8-9-10-11-12-13-17-20-24(21-22-26)28-25(27)23-18-15-14-16-19-23/h14-20,24,26H,2-13,21-22H2,1H3. The highest BCUT2D eigenvalue weighted by atomic mass is 16.5. The summed E-state index contributed by atoms with van der Waals surface area (Å²) >= 11 is 0. The molecule has 0 aromatic heterocycles. The second kappa shape index (κ2) is 17.5. The minimum Gasteiger partial charge on any atom is -0.454 e. The fourth-order valence-electron chi connectivity index (χ4n) is 3.28. The molecule has 1 aromatic carbocycles. The van der Waals surface area contributed by atoms with E-state index in [1.54, 1.807) is 12.1 Å². The largest absolute Gasteiger partial charge is 0.454 e. The predicted molar refractivity (Wildman–Crippen MR) is 118 cm³/mol. The molecule has 0 saturated heterocycles. The van der Waals surface area contributed by atoms with E-state index in [0.29, 0.717) is 12.0 Å². The van der Waals surface area contributed by atoms with Crippen LogP contribution in [-0.4, -0.2) is 23.8 Å². The van der Waals surface area contributed by atoms with Crippen LogP contribution in [0.25, 0.3) is 0 Å². The van der Waals surface area contributed by atoms with Gasteiger partial charge in [0, 0.05) is 13.0 Å². The van der Waals surface area contributed by atoms with Crippen molar-refractivity contribution < 1.29 is 14.6 Å². The molecule has 0 spiro atoms. The summed E-state index contributed by atoms with van der Waals surface area (Å²) in [6.45, 7) is 2.27. The van der Waals surface area contributed by atoms with Crippen LogP contribution in [0.15, 0.2) is 42.5 Å². The zero-order valence-corrected chi connectivity index (χ0v) is 17.8. The van der Waals surface area contributed by atoms with Gasteiger partial charge in [-0.15, -0.1) is 0 Å². The molecule has 1 rings (SSSR count). The number of aliphatic hydroxyl groups is 1. The number of unbranched alkanes of at least 4 members (excludes halogenated alkanes) is 11. The number of carbonyl (C=O) groups is 1. The van der Waals surface area contributed by atoms with Crippen molar-refractivity contribution in [3.8, 4) is 0 Å². The highest BCUT2D eigenvalue weighted by Crippen LogP contribution is 2.13. The van der Waals surface area contributed by atoms with Crippen LogP contribution in [0.3, 0.4) is 0 Å². The molecule has 0 saturated carbocycles. The highest BCUT2D eigenvalue weighted by Gasteiger charge is 2.12. The summed E-state index contributed by atoms with van der Waals surface area (Å²) in [5.41, 5.74) is 0.546. The summed E-state index contributed by atoms with van der Waals surface area (Å²) in [4.78, 5) is 12.1. The van der Waals surface area contributed by atoms with E-state index in [0.717, 1.165) is 6.42 Å². The van der Waals surface area contributed by atoms with E-state index in [9.17, 15) is 9.90 Å². The van der Waals surface area contributed by atoms with Crippen LogP contribution in [0.1, 0.15) is 101 Å². The number of aliphatic hydroxyl groups excluding tert-OH is 1. The monoisotopic (exact) mass is 388 g/mol. The Bertz CT molecular complexity index is 510. The predicted octanol–water partition coefficient (Wildman–Crippen LogP) is 6.85. The second-order valence-electron chi connectivity index (χ2n) is 7.57. The number of benzene rings is 1. The van der Waals surface area contributed by atoms with E-state index in [1.165, 1.54) is 70.6 Å². The van der Waals surface area contributed by atoms with Crippen LogP contribution in [0.4, 0.5) is 0 Å². The van der Waals surface area contributed by atoms with Gasteiger partial charge in [0.1, 0.15) is 6.10 Å². The Morgan fingerprint density at radius 1 is 0.929 bits per heavy atom. The molecular weight excluding hydrogens is 348 g/mol. The van der Waals surface area contributed by atoms with Gasteiger partial charge in [-0.05, 0) is 31.1 Å². The van der Waals surface area contributed by atoms with Crippen LogP contribution in [0, 0.1) is 0 Å². The lowest BCUT2D eigenvalue weighted by Crippen LogP contribution is -2.17. The Kier molecular flexibility index (Phi) is 15.3. The van der Waals surface area contributed by atoms with Gasteiger partial charge in [0.05, 0.1) is 5.56 Å². The first-order chi connectivity index (χ1) is 13.8. The highest BCUT2D eigenvalue weighted by molar-refractivity contribution is 5.89. The van der Waals surface area contributed by atoms with Crippen molar-refractivity contribution in [3.63, 3.8) is 0 Å². The molecule has 1 atom stereocenters. The lowest BCUT2D eigenvalue weighted by atomic mass is 10.1. The zero-order chi connectivity index (χ0) is 20.3. The van der Waals surface area contributed by atoms with Crippen molar-refractivity contribution in [2.45, 2.75) is 96.5 Å². The Labute approximate surface area is 172 Å². The van der Waals surface area contributed by atoms with Gasteiger partial charge in [-0.3, -0.25) is 0 Å². The van der Waals surface area contributed by atoms with E-state index >= 15 is 0 Å². The fourth-order valence-corrected chi connectivity index (χ4v) is 3.28. The first-order valence-electron chi connectivity index (χ1n) is 11.3. The van der Waals surface area contributed by atoms with Crippen molar-refractivity contribution in [1.29, 1.82) is 0 Å². The number of rotatable bonds is 17. The third-order valence-electron chi connectivity index (χ3n) is 5.01. The molecule has 0 aliphatic rings. The molecule has 3 nitrogen and oxygen atoms in total. The summed E-state index contributed by atoms with van der Waals surface area (Å²) in [7, 11) is 0. The van der Waals surface area contributed by atoms with Gasteiger partial charge >= 0.3 is 5.97 Å². The minimum atomic E-state index is -0.356. The first kappa shape index (κ1) is 24.4. The lowest BCUT2D eigenvalue weighted by Gasteiger charge is -2.13. The first-order valence-corrected chi connectivity index (χ1v) is 11.3. The van der Waals surface area contributed by atoms with E-state index in [4.69, 9.17) is 4.74 Å². The third kappa shape index (κ3) is 12.7. The number of hydrogen-bond acceptors (Lipinski definition) is 3. The van der Waals surface area contributed by atoms with Crippen LogP contribution < -0.4 is 0 Å². The lowest BCUT2D eigenvalue weighted by molar-refractivity contribution is 0.0350. The summed E-state index contributed by atoms with van der Waals surface area (Å²) in [6.07, 6.45) is 19.9. The molecule has 158 valence electrons. The molecule has 28 heavy (non-hydrogen) atoms. The Hall–Kier alpha value is -1.61. The Balaban J connectivity index is 2.09. The van der Waals surface area contributed by atoms with Gasteiger partial charge in [-0.25, -0.2) is 4.79 Å². The maximum Gasteiger partial charge on any atom is 0.338 e. The minimum absolute atomic E-state index is 0.00945. The molecule has 0 amide bonds. The molecule has 0 fully saturated rings. The topological polar surface area (TPSA) is 46.5 Å². The molecule has 3 heteroatoms. The SMILES string of the molecule is CCCCCCCCCCCCCC=CC(CCO)OC(=O)c1ccccc1. The number of carbonyl (C=O) groups excluding carboxylic acids is 1. The molecule has 0 aliphatic carbocycles. The second-order valence-corrected chi connectivity index (χ2v) is 7.57. The van der Waals surface area contributed by atoms with Gasteiger partial charge in [0.25, 0.3) is 0 Å². The fraction of sp³-hybridized carbons (Fsp3) is 0.640. The van der Waals surface area contributed by atoms with E-state index in [-0.39, 0.29) is 18.7 Å². The van der Waals surface area contributed by atoms with Gasteiger partial charge in [-0.1, -0.05) is 95.4 Å². The van der Waals surface area contributed by atoms with Crippen LogP contribution >= 0.6 is 0 Å². The van der Waals surface area contributed by atoms with Crippen LogP contribution in [0.2, 0.25) is 0 Å². The number of esters is 1. The molecule has 0 radical (unpaired) electrons. The molecule has 0 heterocycles. The van der Waals surface area contributed by atoms with Crippen molar-refractivity contribution >= 4 is 5.97 Å². The number of allylic oxidation sites excluding steroid dienone is 1. The summed E-state index contributed by atoms with van der Waals surface area (Å²) in [6, 6.07) is 9.00. The van der Waals surface area contributed by atoms with Crippen molar-refractivity contribution in [3.05, 3.63) is 48.0 Å². The third-order valence-corrected chi connectivity index (χ3v) is 5.01. The summed E-state index contributed by atoms with van der Waals surface area (Å²) < 4.78 is 5.50. The smallest absolute Gasteiger partial charge is 0.338 e. The summed E-state index contributed by atoms with van der Waals surface area (Å²) in [5.74, 6) is -0.335. The molecule has 1 unspecified atom stereocenters. The normalized spacial score (nSPS) is 12.4. The van der Waals surface area contributed by atoms with E-state index in [2.05, 4.69) is 13.0 Å². The van der Waals surface area contributed by atoms with Gasteiger partial charge in [-0.2, -0.15) is 0 Å². The quantitative estimate of drug-likeness (QED) is 0.180.